The molecular formula is C14H12N2O3. The van der Waals surface area contributed by atoms with Gasteiger partial charge in [0, 0.05) is 0 Å². The molecular weight excluding hydrogens is 244 g/mol. The van der Waals surface area contributed by atoms with Crippen LogP contribution >= 0.6 is 0 Å². The molecule has 1 aromatic heterocycles. The lowest BCUT2D eigenvalue weighted by atomic mass is 10.1. The summed E-state index contributed by atoms with van der Waals surface area (Å²) in [6.07, 6.45) is 0. The summed E-state index contributed by atoms with van der Waals surface area (Å²) in [6, 6.07) is 8.52. The summed E-state index contributed by atoms with van der Waals surface area (Å²) in [5.41, 5.74) is 3.04. The van der Waals surface area contributed by atoms with Gasteiger partial charge in [-0.25, -0.2) is 4.98 Å². The van der Waals surface area contributed by atoms with Crippen molar-refractivity contribution in [2.75, 3.05) is 0 Å². The molecule has 0 aliphatic rings. The van der Waals surface area contributed by atoms with Gasteiger partial charge in [-0.3, -0.25) is 0 Å². The Bertz CT molecular complexity index is 778. The molecule has 3 rings (SSSR count). The van der Waals surface area contributed by atoms with Gasteiger partial charge in [0.15, 0.2) is 11.5 Å². The molecule has 0 fully saturated rings. The van der Waals surface area contributed by atoms with E-state index in [4.69, 9.17) is 0 Å². The van der Waals surface area contributed by atoms with Crippen LogP contribution in [0.4, 0.5) is 0 Å². The van der Waals surface area contributed by atoms with Crippen molar-refractivity contribution in [3.63, 3.8) is 0 Å². The highest BCUT2D eigenvalue weighted by Gasteiger charge is 2.15. The Balaban J connectivity index is 2.25. The van der Waals surface area contributed by atoms with E-state index >= 15 is 0 Å². The Morgan fingerprint density at radius 2 is 1.79 bits per heavy atom. The molecule has 0 aliphatic heterocycles. The number of aromatic hydroxyl groups is 3. The van der Waals surface area contributed by atoms with Gasteiger partial charge in [0.2, 0.25) is 5.75 Å². The number of aromatic amines is 1. The third kappa shape index (κ3) is 1.67. The van der Waals surface area contributed by atoms with Crippen LogP contribution in [0.15, 0.2) is 30.3 Å². The van der Waals surface area contributed by atoms with Crippen LogP contribution in [-0.2, 0) is 0 Å². The van der Waals surface area contributed by atoms with Crippen molar-refractivity contribution in [3.05, 3.63) is 35.9 Å². The van der Waals surface area contributed by atoms with Gasteiger partial charge in [-0.15, -0.1) is 0 Å². The molecule has 0 saturated carbocycles. The monoisotopic (exact) mass is 256 g/mol. The van der Waals surface area contributed by atoms with Crippen molar-refractivity contribution < 1.29 is 15.3 Å². The fourth-order valence-electron chi connectivity index (χ4n) is 2.06. The molecule has 2 aromatic carbocycles. The van der Waals surface area contributed by atoms with E-state index < -0.39 is 11.5 Å². The number of imidazole rings is 1. The van der Waals surface area contributed by atoms with E-state index in [9.17, 15) is 15.3 Å². The molecule has 0 aliphatic carbocycles. The first-order valence-electron chi connectivity index (χ1n) is 5.77. The van der Waals surface area contributed by atoms with Crippen LogP contribution in [0, 0.1) is 6.92 Å². The van der Waals surface area contributed by atoms with E-state index in [2.05, 4.69) is 9.97 Å². The fourth-order valence-corrected chi connectivity index (χ4v) is 2.06. The minimum absolute atomic E-state index is 0.339. The molecule has 0 saturated heterocycles. The molecule has 1 heterocycles. The van der Waals surface area contributed by atoms with Gasteiger partial charge in [-0.1, -0.05) is 12.1 Å². The number of aryl methyl sites for hydroxylation is 1. The lowest BCUT2D eigenvalue weighted by Gasteiger charge is -2.04. The number of hydrogen-bond donors (Lipinski definition) is 4. The molecule has 0 amide bonds. The first kappa shape index (κ1) is 11.4. The number of para-hydroxylation sites is 1. The van der Waals surface area contributed by atoms with Crippen molar-refractivity contribution in [3.8, 4) is 28.6 Å². The number of rotatable bonds is 1. The van der Waals surface area contributed by atoms with Crippen LogP contribution in [0.25, 0.3) is 22.4 Å². The maximum Gasteiger partial charge on any atom is 0.201 e. The van der Waals surface area contributed by atoms with Crippen LogP contribution in [0.3, 0.4) is 0 Å². The zero-order valence-corrected chi connectivity index (χ0v) is 10.2. The van der Waals surface area contributed by atoms with Gasteiger partial charge < -0.3 is 20.3 Å². The minimum Gasteiger partial charge on any atom is -0.504 e. The van der Waals surface area contributed by atoms with E-state index in [-0.39, 0.29) is 5.75 Å². The molecule has 0 radical (unpaired) electrons. The zero-order chi connectivity index (χ0) is 13.6. The molecule has 96 valence electrons. The third-order valence-corrected chi connectivity index (χ3v) is 3.11. The molecule has 0 unspecified atom stereocenters. The number of phenols is 3. The maximum absolute atomic E-state index is 9.86. The van der Waals surface area contributed by atoms with Crippen molar-refractivity contribution in [1.29, 1.82) is 0 Å². The molecule has 0 bridgehead atoms. The number of nitrogens with one attached hydrogen (secondary N) is 1. The number of aromatic nitrogens is 2. The summed E-state index contributed by atoms with van der Waals surface area (Å²) in [4.78, 5) is 7.47. The van der Waals surface area contributed by atoms with E-state index in [1.54, 1.807) is 0 Å². The summed E-state index contributed by atoms with van der Waals surface area (Å²) in [5, 5.41) is 28.7. The standard InChI is InChI=1S/C14H12N2O3/c1-7-3-2-4-9-11(7)16-14(15-9)8-5-6-10(17)13(19)12(8)18/h2-6,17-19H,1H3,(H,15,16). The number of fused-ring (bicyclic) bond motifs is 1. The Kier molecular flexibility index (Phi) is 2.35. The van der Waals surface area contributed by atoms with Gasteiger partial charge >= 0.3 is 0 Å². The van der Waals surface area contributed by atoms with Crippen molar-refractivity contribution in [2.24, 2.45) is 0 Å². The van der Waals surface area contributed by atoms with E-state index in [1.165, 1.54) is 12.1 Å². The second-order valence-corrected chi connectivity index (χ2v) is 4.38. The summed E-state index contributed by atoms with van der Waals surface area (Å²) in [5.74, 6) is -0.864. The molecule has 19 heavy (non-hydrogen) atoms. The molecule has 5 heteroatoms. The van der Waals surface area contributed by atoms with E-state index in [0.29, 0.717) is 11.4 Å². The molecule has 0 spiro atoms. The van der Waals surface area contributed by atoms with Crippen LogP contribution in [0.2, 0.25) is 0 Å². The lowest BCUT2D eigenvalue weighted by molar-refractivity contribution is 0.369. The summed E-state index contributed by atoms with van der Waals surface area (Å²) >= 11 is 0. The highest BCUT2D eigenvalue weighted by molar-refractivity contribution is 5.84. The lowest BCUT2D eigenvalue weighted by Crippen LogP contribution is -1.82. The predicted octanol–water partition coefficient (Wildman–Crippen LogP) is 2.66. The molecule has 3 aromatic rings. The second kappa shape index (κ2) is 3.91. The second-order valence-electron chi connectivity index (χ2n) is 4.38. The summed E-state index contributed by atoms with van der Waals surface area (Å²) in [7, 11) is 0. The number of benzene rings is 2. The summed E-state index contributed by atoms with van der Waals surface area (Å²) < 4.78 is 0. The van der Waals surface area contributed by atoms with Gasteiger partial charge in [-0.05, 0) is 30.7 Å². The molecule has 5 nitrogen and oxygen atoms in total. The number of hydrogen-bond acceptors (Lipinski definition) is 4. The topological polar surface area (TPSA) is 89.4 Å². The van der Waals surface area contributed by atoms with E-state index in [0.717, 1.165) is 16.6 Å². The Morgan fingerprint density at radius 3 is 2.53 bits per heavy atom. The average molecular weight is 256 g/mol. The van der Waals surface area contributed by atoms with Gasteiger partial charge in [-0.2, -0.15) is 0 Å². The third-order valence-electron chi connectivity index (χ3n) is 3.11. The SMILES string of the molecule is Cc1cccc2nc(-c3ccc(O)c(O)c3O)[nH]c12. The first-order chi connectivity index (χ1) is 9.08. The Hall–Kier alpha value is -2.69. The van der Waals surface area contributed by atoms with Gasteiger partial charge in [0.25, 0.3) is 0 Å². The number of nitrogens with zero attached hydrogens (tertiary/aromatic N) is 1. The minimum atomic E-state index is -0.547. The van der Waals surface area contributed by atoms with Gasteiger partial charge in [0.1, 0.15) is 5.82 Å². The quantitative estimate of drug-likeness (QED) is 0.504. The average Bonchev–Trinajstić information content (AvgIpc) is 2.81. The Labute approximate surface area is 108 Å². The van der Waals surface area contributed by atoms with Crippen LogP contribution in [0.5, 0.6) is 17.2 Å². The summed E-state index contributed by atoms with van der Waals surface area (Å²) in [6.45, 7) is 1.96. The van der Waals surface area contributed by atoms with E-state index in [1.807, 2.05) is 25.1 Å². The smallest absolute Gasteiger partial charge is 0.201 e. The normalized spacial score (nSPS) is 11.0. The van der Waals surface area contributed by atoms with Crippen LogP contribution < -0.4 is 0 Å². The maximum atomic E-state index is 9.86. The largest absolute Gasteiger partial charge is 0.504 e. The highest BCUT2D eigenvalue weighted by atomic mass is 16.3. The number of phenolic OH excluding ortho intramolecular Hbond substituents is 3. The van der Waals surface area contributed by atoms with Crippen LogP contribution in [0.1, 0.15) is 5.56 Å². The highest BCUT2D eigenvalue weighted by Crippen LogP contribution is 2.41. The van der Waals surface area contributed by atoms with Crippen molar-refractivity contribution >= 4 is 11.0 Å². The van der Waals surface area contributed by atoms with Crippen molar-refractivity contribution in [2.45, 2.75) is 6.92 Å². The van der Waals surface area contributed by atoms with Gasteiger partial charge in [0.05, 0.1) is 16.6 Å². The fraction of sp³-hybridized carbons (Fsp3) is 0.0714. The molecule has 4 N–H and O–H groups in total. The first-order valence-corrected chi connectivity index (χ1v) is 5.77. The number of H-pyrrole nitrogens is 1. The van der Waals surface area contributed by atoms with Crippen LogP contribution in [-0.4, -0.2) is 25.3 Å². The predicted molar refractivity (Wildman–Crippen MR) is 71.3 cm³/mol. The zero-order valence-electron chi connectivity index (χ0n) is 10.2. The van der Waals surface area contributed by atoms with Crippen molar-refractivity contribution in [1.82, 2.24) is 9.97 Å². The molecule has 0 atom stereocenters. The Morgan fingerprint density at radius 1 is 1.00 bits per heavy atom.